The van der Waals surface area contributed by atoms with Gasteiger partial charge in [-0.05, 0) is 42.0 Å². The number of carbonyl (C=O) groups is 1. The van der Waals surface area contributed by atoms with Crippen LogP contribution in [0.25, 0.3) is 0 Å². The fourth-order valence-electron chi connectivity index (χ4n) is 3.89. The number of piperazine rings is 1. The Morgan fingerprint density at radius 3 is 2.47 bits per heavy atom. The molecule has 4 rings (SSSR count). The van der Waals surface area contributed by atoms with Gasteiger partial charge >= 0.3 is 0 Å². The first-order valence-corrected chi connectivity index (χ1v) is 11.8. The molecule has 1 saturated heterocycles. The molecular formula is C26H26Cl2N4O2. The molecule has 1 aliphatic heterocycles. The van der Waals surface area contributed by atoms with Crippen LogP contribution in [-0.2, 0) is 6.54 Å². The van der Waals surface area contributed by atoms with E-state index < -0.39 is 0 Å². The largest absolute Gasteiger partial charge is 0.495 e. The molecule has 34 heavy (non-hydrogen) atoms. The Labute approximate surface area is 209 Å². The highest BCUT2D eigenvalue weighted by Crippen LogP contribution is 2.28. The molecular weight excluding hydrogens is 471 g/mol. The fraction of sp³-hybridized carbons (Fsp3) is 0.231. The number of hydrogen-bond acceptors (Lipinski definition) is 5. The zero-order chi connectivity index (χ0) is 23.9. The third-order valence-electron chi connectivity index (χ3n) is 5.75. The number of hydrazone groups is 1. The normalized spacial score (nSPS) is 14.4. The van der Waals surface area contributed by atoms with Crippen LogP contribution in [0.5, 0.6) is 5.75 Å². The maximum Gasteiger partial charge on any atom is 0.271 e. The number of para-hydroxylation sites is 2. The van der Waals surface area contributed by atoms with Gasteiger partial charge in [0.15, 0.2) is 0 Å². The minimum absolute atomic E-state index is 0.279. The van der Waals surface area contributed by atoms with E-state index in [4.69, 9.17) is 27.9 Å². The van der Waals surface area contributed by atoms with Crippen LogP contribution in [0.3, 0.4) is 0 Å². The highest BCUT2D eigenvalue weighted by Gasteiger charge is 2.19. The van der Waals surface area contributed by atoms with Crippen LogP contribution in [0.1, 0.15) is 21.5 Å². The van der Waals surface area contributed by atoms with Crippen LogP contribution in [-0.4, -0.2) is 50.3 Å². The van der Waals surface area contributed by atoms with Crippen LogP contribution < -0.4 is 15.1 Å². The lowest BCUT2D eigenvalue weighted by atomic mass is 10.1. The van der Waals surface area contributed by atoms with Gasteiger partial charge in [0, 0.05) is 48.9 Å². The van der Waals surface area contributed by atoms with Crippen molar-refractivity contribution in [1.82, 2.24) is 10.3 Å². The summed E-state index contributed by atoms with van der Waals surface area (Å²) in [5.41, 5.74) is 6.06. The summed E-state index contributed by atoms with van der Waals surface area (Å²) < 4.78 is 5.50. The van der Waals surface area contributed by atoms with E-state index in [2.05, 4.69) is 26.4 Å². The highest BCUT2D eigenvalue weighted by molar-refractivity contribution is 6.36. The Hall–Kier alpha value is -3.06. The molecule has 8 heteroatoms. The second-order valence-electron chi connectivity index (χ2n) is 8.00. The molecule has 0 bridgehead atoms. The number of ether oxygens (including phenoxy) is 1. The van der Waals surface area contributed by atoms with Crippen molar-refractivity contribution >= 4 is 41.0 Å². The number of carbonyl (C=O) groups excluding carboxylic acids is 1. The van der Waals surface area contributed by atoms with Gasteiger partial charge in [0.1, 0.15) is 5.75 Å². The standard InChI is InChI=1S/C26H26Cl2N4O2/c1-34-25-5-3-2-4-24(25)32-14-12-31(13-15-32)18-19-6-8-20(9-7-19)26(33)30-29-17-21-10-11-22(27)16-23(21)28/h2-11,16-17H,12-15,18H2,1H3,(H,30,33)/b29-17-. The van der Waals surface area contributed by atoms with Crippen molar-refractivity contribution in [3.63, 3.8) is 0 Å². The van der Waals surface area contributed by atoms with E-state index in [-0.39, 0.29) is 5.91 Å². The molecule has 3 aromatic rings. The van der Waals surface area contributed by atoms with Gasteiger partial charge in [-0.2, -0.15) is 5.10 Å². The predicted octanol–water partition coefficient (Wildman–Crippen LogP) is 5.09. The molecule has 0 radical (unpaired) electrons. The number of halogens is 2. The number of rotatable bonds is 7. The molecule has 0 aliphatic carbocycles. The van der Waals surface area contributed by atoms with Gasteiger partial charge in [-0.15, -0.1) is 0 Å². The molecule has 0 saturated carbocycles. The topological polar surface area (TPSA) is 57.2 Å². The number of benzene rings is 3. The lowest BCUT2D eigenvalue weighted by molar-refractivity contribution is 0.0955. The molecule has 1 amide bonds. The van der Waals surface area contributed by atoms with Crippen molar-refractivity contribution in [3.05, 3.63) is 93.5 Å². The molecule has 6 nitrogen and oxygen atoms in total. The Bertz CT molecular complexity index is 1160. The van der Waals surface area contributed by atoms with Crippen molar-refractivity contribution in [2.75, 3.05) is 38.2 Å². The summed E-state index contributed by atoms with van der Waals surface area (Å²) in [5.74, 6) is 0.628. The zero-order valence-corrected chi connectivity index (χ0v) is 20.4. The van der Waals surface area contributed by atoms with Gasteiger partial charge in [0.2, 0.25) is 0 Å². The van der Waals surface area contributed by atoms with Gasteiger partial charge in [0.25, 0.3) is 5.91 Å². The summed E-state index contributed by atoms with van der Waals surface area (Å²) in [7, 11) is 1.71. The lowest BCUT2D eigenvalue weighted by Gasteiger charge is -2.36. The minimum Gasteiger partial charge on any atom is -0.495 e. The second kappa shape index (κ2) is 11.4. The van der Waals surface area contributed by atoms with Gasteiger partial charge in [-0.3, -0.25) is 9.69 Å². The highest BCUT2D eigenvalue weighted by atomic mass is 35.5. The third kappa shape index (κ3) is 6.08. The average molecular weight is 497 g/mol. The SMILES string of the molecule is COc1ccccc1N1CCN(Cc2ccc(C(=O)N/N=C\c3ccc(Cl)cc3Cl)cc2)CC1. The number of amides is 1. The summed E-state index contributed by atoms with van der Waals surface area (Å²) in [4.78, 5) is 17.2. The van der Waals surface area contributed by atoms with Gasteiger partial charge in [-0.25, -0.2) is 5.43 Å². The van der Waals surface area contributed by atoms with E-state index in [9.17, 15) is 4.79 Å². The van der Waals surface area contributed by atoms with Crippen LogP contribution in [0.4, 0.5) is 5.69 Å². The molecule has 1 aliphatic rings. The van der Waals surface area contributed by atoms with Crippen LogP contribution in [0.15, 0.2) is 71.8 Å². The average Bonchev–Trinajstić information content (AvgIpc) is 2.86. The summed E-state index contributed by atoms with van der Waals surface area (Å²) >= 11 is 12.0. The van der Waals surface area contributed by atoms with E-state index in [1.165, 1.54) is 11.8 Å². The Morgan fingerprint density at radius 2 is 1.76 bits per heavy atom. The predicted molar refractivity (Wildman–Crippen MR) is 138 cm³/mol. The molecule has 1 fully saturated rings. The molecule has 1 N–H and O–H groups in total. The number of hydrogen-bond donors (Lipinski definition) is 1. The van der Waals surface area contributed by atoms with Gasteiger partial charge in [-0.1, -0.05) is 53.5 Å². The summed E-state index contributed by atoms with van der Waals surface area (Å²) in [6, 6.07) is 20.8. The van der Waals surface area contributed by atoms with E-state index in [0.29, 0.717) is 21.2 Å². The lowest BCUT2D eigenvalue weighted by Crippen LogP contribution is -2.46. The monoisotopic (exact) mass is 496 g/mol. The molecule has 3 aromatic carbocycles. The smallest absolute Gasteiger partial charge is 0.271 e. The summed E-state index contributed by atoms with van der Waals surface area (Å²) in [6.07, 6.45) is 1.50. The maximum atomic E-state index is 12.4. The van der Waals surface area contributed by atoms with Gasteiger partial charge < -0.3 is 9.64 Å². The zero-order valence-electron chi connectivity index (χ0n) is 18.9. The van der Waals surface area contributed by atoms with E-state index in [1.807, 2.05) is 42.5 Å². The third-order valence-corrected chi connectivity index (χ3v) is 6.32. The molecule has 0 atom stereocenters. The van der Waals surface area contributed by atoms with E-state index in [0.717, 1.165) is 44.2 Å². The molecule has 1 heterocycles. The quantitative estimate of drug-likeness (QED) is 0.365. The van der Waals surface area contributed by atoms with Crippen molar-refractivity contribution < 1.29 is 9.53 Å². The van der Waals surface area contributed by atoms with Crippen molar-refractivity contribution in [1.29, 1.82) is 0 Å². The molecule has 176 valence electrons. The van der Waals surface area contributed by atoms with E-state index in [1.54, 1.807) is 25.3 Å². The minimum atomic E-state index is -0.279. The molecule has 0 unspecified atom stereocenters. The Morgan fingerprint density at radius 1 is 1.03 bits per heavy atom. The summed E-state index contributed by atoms with van der Waals surface area (Å²) in [5, 5.41) is 5.01. The van der Waals surface area contributed by atoms with Crippen LogP contribution in [0, 0.1) is 0 Å². The molecule has 0 spiro atoms. The van der Waals surface area contributed by atoms with Crippen LogP contribution in [0.2, 0.25) is 10.0 Å². The van der Waals surface area contributed by atoms with E-state index >= 15 is 0 Å². The maximum absolute atomic E-state index is 12.4. The second-order valence-corrected chi connectivity index (χ2v) is 8.84. The van der Waals surface area contributed by atoms with Crippen LogP contribution >= 0.6 is 23.2 Å². The number of nitrogens with one attached hydrogen (secondary N) is 1. The Kier molecular flexibility index (Phi) is 8.06. The fourth-order valence-corrected chi connectivity index (χ4v) is 4.35. The Balaban J connectivity index is 1.27. The van der Waals surface area contributed by atoms with Gasteiger partial charge in [0.05, 0.1) is 24.0 Å². The number of nitrogens with zero attached hydrogens (tertiary/aromatic N) is 3. The number of methoxy groups -OCH3 is 1. The first-order valence-electron chi connectivity index (χ1n) is 11.0. The number of anilines is 1. The molecule has 0 aromatic heterocycles. The first kappa shape index (κ1) is 24.1. The first-order chi connectivity index (χ1) is 16.5. The van der Waals surface area contributed by atoms with Crippen molar-refractivity contribution in [2.45, 2.75) is 6.54 Å². The van der Waals surface area contributed by atoms with Crippen molar-refractivity contribution in [2.24, 2.45) is 5.10 Å². The van der Waals surface area contributed by atoms with Crippen molar-refractivity contribution in [3.8, 4) is 5.75 Å². The summed E-state index contributed by atoms with van der Waals surface area (Å²) in [6.45, 7) is 4.65.